The van der Waals surface area contributed by atoms with Crippen LogP contribution >= 0.6 is 0 Å². The number of rotatable bonds is 9. The summed E-state index contributed by atoms with van der Waals surface area (Å²) < 4.78 is 11.8. The van der Waals surface area contributed by atoms with Crippen molar-refractivity contribution in [1.29, 1.82) is 0 Å². The first-order chi connectivity index (χ1) is 21.1. The Balaban J connectivity index is 0.000000463. The third kappa shape index (κ3) is 8.74. The molecule has 1 aliphatic rings. The van der Waals surface area contributed by atoms with Gasteiger partial charge >= 0.3 is 0 Å². The van der Waals surface area contributed by atoms with Crippen molar-refractivity contribution in [3.63, 3.8) is 0 Å². The molecule has 1 aromatic heterocycles. The molecule has 1 fully saturated rings. The van der Waals surface area contributed by atoms with Crippen molar-refractivity contribution in [3.8, 4) is 34.1 Å². The van der Waals surface area contributed by atoms with Gasteiger partial charge in [0, 0.05) is 23.7 Å². The Kier molecular flexibility index (Phi) is 10.5. The van der Waals surface area contributed by atoms with E-state index in [1.807, 2.05) is 97.1 Å². The minimum atomic E-state index is 0.330. The summed E-state index contributed by atoms with van der Waals surface area (Å²) in [5.74, 6) is 2.32. The number of benzene rings is 4. The molecule has 1 aliphatic heterocycles. The maximum atomic E-state index is 6.00. The first-order valence-electron chi connectivity index (χ1n) is 14.9. The van der Waals surface area contributed by atoms with Crippen LogP contribution in [0.4, 0.5) is 0 Å². The van der Waals surface area contributed by atoms with Crippen molar-refractivity contribution in [2.75, 3.05) is 13.6 Å². The first-order valence-corrected chi connectivity index (χ1v) is 14.9. The van der Waals surface area contributed by atoms with Gasteiger partial charge in [0.05, 0.1) is 11.4 Å². The summed E-state index contributed by atoms with van der Waals surface area (Å²) >= 11 is 0. The van der Waals surface area contributed by atoms with Crippen LogP contribution in [0.15, 0.2) is 115 Å². The first kappa shape index (κ1) is 30.0. The molecule has 2 heterocycles. The van der Waals surface area contributed by atoms with Crippen molar-refractivity contribution in [2.45, 2.75) is 45.6 Å². The molecule has 0 spiro atoms. The van der Waals surface area contributed by atoms with Gasteiger partial charge in [-0.1, -0.05) is 72.8 Å². The number of hydrogen-bond acceptors (Lipinski definition) is 6. The Labute approximate surface area is 255 Å². The normalized spacial score (nSPS) is 14.5. The van der Waals surface area contributed by atoms with Gasteiger partial charge in [0.25, 0.3) is 0 Å². The molecular weight excluding hydrogens is 532 g/mol. The summed E-state index contributed by atoms with van der Waals surface area (Å²) in [7, 11) is 2.19. The lowest BCUT2D eigenvalue weighted by atomic mass is 10.1. The smallest absolute Gasteiger partial charge is 0.160 e. The van der Waals surface area contributed by atoms with Gasteiger partial charge in [-0.15, -0.1) is 0 Å². The number of ether oxygens (including phenoxy) is 2. The average molecular weight is 573 g/mol. The van der Waals surface area contributed by atoms with Gasteiger partial charge in [0.1, 0.15) is 24.7 Å². The Morgan fingerprint density at radius 2 is 1.30 bits per heavy atom. The van der Waals surface area contributed by atoms with E-state index in [4.69, 9.17) is 25.2 Å². The van der Waals surface area contributed by atoms with Crippen LogP contribution in [0.3, 0.4) is 0 Å². The lowest BCUT2D eigenvalue weighted by Gasteiger charge is -2.12. The van der Waals surface area contributed by atoms with Crippen molar-refractivity contribution in [3.05, 3.63) is 132 Å². The van der Waals surface area contributed by atoms with E-state index in [1.165, 1.54) is 19.4 Å². The monoisotopic (exact) mass is 572 g/mol. The van der Waals surface area contributed by atoms with Crippen molar-refractivity contribution in [2.24, 2.45) is 5.73 Å². The van der Waals surface area contributed by atoms with Crippen LogP contribution in [0, 0.1) is 0 Å². The third-order valence-electron chi connectivity index (χ3n) is 7.58. The van der Waals surface area contributed by atoms with Gasteiger partial charge in [-0.3, -0.25) is 0 Å². The second kappa shape index (κ2) is 15.1. The fourth-order valence-corrected chi connectivity index (χ4v) is 4.94. The molecule has 220 valence electrons. The maximum absolute atomic E-state index is 6.00. The summed E-state index contributed by atoms with van der Waals surface area (Å²) in [5, 5.41) is 0. The molecule has 5 aromatic rings. The maximum Gasteiger partial charge on any atom is 0.160 e. The topological polar surface area (TPSA) is 73.5 Å². The standard InChI is InChI=1S/C31H27N3O2.C6H13N/c32-20-27-19-30(25-11-7-9-23(17-25)21-35-28-13-3-1-4-14-28)34-31(33-27)26-12-8-10-24(18-26)22-36-29-15-5-2-6-16-29;1-6-4-3-5-7(6)2/h1-19H,20-22,32H2;6H,3-5H2,1-2H3. The molecule has 0 amide bonds. The highest BCUT2D eigenvalue weighted by molar-refractivity contribution is 5.65. The molecule has 43 heavy (non-hydrogen) atoms. The Morgan fingerprint density at radius 1 is 0.721 bits per heavy atom. The Hall–Kier alpha value is -4.52. The minimum Gasteiger partial charge on any atom is -0.489 e. The van der Waals surface area contributed by atoms with Gasteiger partial charge in [0.2, 0.25) is 0 Å². The van der Waals surface area contributed by atoms with E-state index in [-0.39, 0.29) is 0 Å². The van der Waals surface area contributed by atoms with Crippen LogP contribution in [0.1, 0.15) is 36.6 Å². The van der Waals surface area contributed by atoms with Crippen LogP contribution < -0.4 is 15.2 Å². The van der Waals surface area contributed by atoms with Gasteiger partial charge in [-0.25, -0.2) is 9.97 Å². The van der Waals surface area contributed by atoms with E-state index in [0.717, 1.165) is 51.2 Å². The number of nitrogens with zero attached hydrogens (tertiary/aromatic N) is 3. The van der Waals surface area contributed by atoms with E-state index >= 15 is 0 Å². The van der Waals surface area contributed by atoms with E-state index in [1.54, 1.807) is 0 Å². The summed E-state index contributed by atoms with van der Waals surface area (Å²) in [6.07, 6.45) is 2.80. The van der Waals surface area contributed by atoms with E-state index in [0.29, 0.717) is 25.6 Å². The molecule has 0 saturated carbocycles. The van der Waals surface area contributed by atoms with E-state index < -0.39 is 0 Å². The molecule has 6 rings (SSSR count). The van der Waals surface area contributed by atoms with Crippen molar-refractivity contribution < 1.29 is 9.47 Å². The zero-order chi connectivity index (χ0) is 29.9. The number of likely N-dealkylation sites (tertiary alicyclic amines) is 1. The zero-order valence-corrected chi connectivity index (χ0v) is 25.0. The SMILES string of the molecule is CC1CCCN1C.NCc1cc(-c2cccc(COc3ccccc3)c2)nc(-c2cccc(COc3ccccc3)c2)n1. The average Bonchev–Trinajstić information content (AvgIpc) is 3.45. The Morgan fingerprint density at radius 3 is 1.81 bits per heavy atom. The fourth-order valence-electron chi connectivity index (χ4n) is 4.94. The summed E-state index contributed by atoms with van der Waals surface area (Å²) in [4.78, 5) is 12.0. The fraction of sp³-hybridized carbons (Fsp3) is 0.243. The number of nitrogens with two attached hydrogens (primary N) is 1. The van der Waals surface area contributed by atoms with E-state index in [2.05, 4.69) is 37.1 Å². The van der Waals surface area contributed by atoms with Crippen LogP contribution in [0.2, 0.25) is 0 Å². The quantitative estimate of drug-likeness (QED) is 0.197. The van der Waals surface area contributed by atoms with Gasteiger partial charge in [0.15, 0.2) is 5.82 Å². The third-order valence-corrected chi connectivity index (χ3v) is 7.58. The molecule has 1 unspecified atom stereocenters. The molecule has 0 radical (unpaired) electrons. The number of para-hydroxylation sites is 2. The molecule has 1 atom stereocenters. The highest BCUT2D eigenvalue weighted by atomic mass is 16.5. The summed E-state index contributed by atoms with van der Waals surface area (Å²) in [6, 6.07) is 38.7. The molecule has 6 heteroatoms. The zero-order valence-electron chi connectivity index (χ0n) is 25.0. The van der Waals surface area contributed by atoms with Crippen LogP contribution in [0.5, 0.6) is 11.5 Å². The highest BCUT2D eigenvalue weighted by Crippen LogP contribution is 2.25. The molecule has 6 nitrogen and oxygen atoms in total. The van der Waals surface area contributed by atoms with Gasteiger partial charge in [-0.05, 0) is 86.9 Å². The molecule has 1 saturated heterocycles. The second-order valence-electron chi connectivity index (χ2n) is 10.8. The molecule has 2 N–H and O–H groups in total. The minimum absolute atomic E-state index is 0.330. The largest absolute Gasteiger partial charge is 0.489 e. The molecule has 4 aromatic carbocycles. The number of aromatic nitrogens is 2. The summed E-state index contributed by atoms with van der Waals surface area (Å²) in [5.41, 5.74) is 11.6. The van der Waals surface area contributed by atoms with E-state index in [9.17, 15) is 0 Å². The molecule has 0 bridgehead atoms. The number of hydrogen-bond donors (Lipinski definition) is 1. The van der Waals surface area contributed by atoms with Crippen LogP contribution in [-0.2, 0) is 19.8 Å². The predicted molar refractivity (Wildman–Crippen MR) is 174 cm³/mol. The van der Waals surface area contributed by atoms with Crippen molar-refractivity contribution in [1.82, 2.24) is 14.9 Å². The van der Waals surface area contributed by atoms with Crippen LogP contribution in [-0.4, -0.2) is 34.5 Å². The lowest BCUT2D eigenvalue weighted by molar-refractivity contribution is 0.306. The predicted octanol–water partition coefficient (Wildman–Crippen LogP) is 7.53. The van der Waals surface area contributed by atoms with Gasteiger partial charge in [-0.2, -0.15) is 0 Å². The molecule has 0 aliphatic carbocycles. The van der Waals surface area contributed by atoms with Crippen molar-refractivity contribution >= 4 is 0 Å². The lowest BCUT2D eigenvalue weighted by Crippen LogP contribution is -2.20. The second-order valence-corrected chi connectivity index (χ2v) is 10.8. The molecular formula is C37H40N4O2. The van der Waals surface area contributed by atoms with Gasteiger partial charge < -0.3 is 20.1 Å². The summed E-state index contributed by atoms with van der Waals surface area (Å²) in [6.45, 7) is 4.86. The van der Waals surface area contributed by atoms with Crippen LogP contribution in [0.25, 0.3) is 22.6 Å². The Bertz CT molecular complexity index is 1460. The highest BCUT2D eigenvalue weighted by Gasteiger charge is 2.14.